The van der Waals surface area contributed by atoms with E-state index in [1.54, 1.807) is 0 Å². The second kappa shape index (κ2) is 20.3. The molecule has 164 valence electrons. The molecule has 0 aromatic heterocycles. The number of rotatable bonds is 3. The first-order chi connectivity index (χ1) is 12.2. The van der Waals surface area contributed by atoms with Gasteiger partial charge in [0.05, 0.1) is 51.8 Å². The first-order valence-electron chi connectivity index (χ1n) is 7.25. The topological polar surface area (TPSA) is 271 Å². The Morgan fingerprint density at radius 1 is 0.926 bits per heavy atom. The van der Waals surface area contributed by atoms with Gasteiger partial charge in [0.25, 0.3) is 0 Å². The molecule has 0 spiro atoms. The van der Waals surface area contributed by atoms with E-state index in [2.05, 4.69) is 18.6 Å². The van der Waals surface area contributed by atoms with Crippen molar-refractivity contribution in [2.75, 3.05) is 39.6 Å². The zero-order chi connectivity index (χ0) is 20.5. The van der Waals surface area contributed by atoms with Crippen LogP contribution in [0.4, 0.5) is 0 Å². The van der Waals surface area contributed by atoms with Crippen molar-refractivity contribution in [2.24, 2.45) is 0 Å². The highest BCUT2D eigenvalue weighted by Crippen LogP contribution is 2.03. The Hall–Kier alpha value is -0.405. The molecule has 2 fully saturated rings. The summed E-state index contributed by atoms with van der Waals surface area (Å²) in [6.45, 7) is -0.246. The monoisotopic (exact) mass is 411 g/mol. The predicted molar refractivity (Wildman–Crippen MR) is 90.1 cm³/mol. The Kier molecular flexibility index (Phi) is 23.6. The number of aliphatic hydroxyl groups excluding tert-OH is 5. The summed E-state index contributed by atoms with van der Waals surface area (Å²) in [5, 5.41) is 79.5. The maximum absolute atomic E-state index is 8.67. The molecule has 2 aliphatic rings. The lowest BCUT2D eigenvalue weighted by Crippen LogP contribution is -2.38. The molecule has 0 aromatic carbocycles. The minimum absolute atomic E-state index is 0. The Balaban J connectivity index is -0.000000138. The van der Waals surface area contributed by atoms with Crippen LogP contribution in [0.15, 0.2) is 0 Å². The average Bonchev–Trinajstić information content (AvgIpc) is 3.03. The third-order valence-corrected chi connectivity index (χ3v) is 2.22. The molecule has 0 radical (unpaired) electrons. The molecule has 15 nitrogen and oxygen atoms in total. The van der Waals surface area contributed by atoms with E-state index in [0.717, 1.165) is 0 Å². The molecule has 0 amide bonds. The maximum Gasteiger partial charge on any atom is 0.637 e. The van der Waals surface area contributed by atoms with Crippen LogP contribution in [0.25, 0.3) is 0 Å². The molecule has 0 aromatic rings. The normalized spacial score (nSPS) is 19.0. The molecule has 1 unspecified atom stereocenters. The second-order valence-corrected chi connectivity index (χ2v) is 4.57. The fourth-order valence-electron chi connectivity index (χ4n) is 1.07. The van der Waals surface area contributed by atoms with Gasteiger partial charge >= 0.3 is 22.0 Å². The van der Waals surface area contributed by atoms with E-state index in [0.29, 0.717) is 0 Å². The smallest absolute Gasteiger partial charge is 0.412 e. The van der Waals surface area contributed by atoms with Crippen LogP contribution in [0.5, 0.6) is 0 Å². The van der Waals surface area contributed by atoms with Crippen molar-refractivity contribution in [2.45, 2.75) is 18.3 Å². The molecule has 1 atom stereocenters. The van der Waals surface area contributed by atoms with Gasteiger partial charge in [0.2, 0.25) is 0 Å². The van der Waals surface area contributed by atoms with Crippen molar-refractivity contribution in [3.63, 3.8) is 0 Å². The molecule has 12 N–H and O–H groups in total. The predicted octanol–water partition coefficient (Wildman–Crippen LogP) is -7.56. The summed E-state index contributed by atoms with van der Waals surface area (Å²) in [6.07, 6.45) is -1.88. The van der Waals surface area contributed by atoms with Crippen molar-refractivity contribution < 1.29 is 76.2 Å². The summed E-state index contributed by atoms with van der Waals surface area (Å²) < 4.78 is 18.1. The Labute approximate surface area is 157 Å². The summed E-state index contributed by atoms with van der Waals surface area (Å²) in [5.74, 6) is 0. The molecule has 2 saturated heterocycles. The molecule has 27 heavy (non-hydrogen) atoms. The first-order valence-corrected chi connectivity index (χ1v) is 7.25. The van der Waals surface area contributed by atoms with Gasteiger partial charge in [-0.2, -0.15) is 0 Å². The molecule has 2 rings (SSSR count). The van der Waals surface area contributed by atoms with Crippen LogP contribution < -0.4 is 0 Å². The Bertz CT molecular complexity index is 285. The van der Waals surface area contributed by atoms with Gasteiger partial charge in [-0.05, 0) is 0 Å². The molecular weight excluding hydrogens is 381 g/mol. The third kappa shape index (κ3) is 23.6. The SMILES string of the molecule is O.OB(O)O.OB1OCC(O)CO1.OCC(O)CO.OCC1COB(O)O1.[2HH]. The van der Waals surface area contributed by atoms with Crippen molar-refractivity contribution in [1.82, 2.24) is 0 Å². The highest BCUT2D eigenvalue weighted by Gasteiger charge is 2.29. The number of aliphatic hydroxyl groups is 5. The lowest BCUT2D eigenvalue weighted by atomic mass is 10.2. The zero-order valence-corrected chi connectivity index (χ0v) is 14.3. The van der Waals surface area contributed by atoms with Crippen LogP contribution >= 0.6 is 0 Å². The van der Waals surface area contributed by atoms with E-state index in [1.807, 2.05) is 0 Å². The van der Waals surface area contributed by atoms with Crippen LogP contribution in [0.3, 0.4) is 0 Å². The van der Waals surface area contributed by atoms with E-state index in [-0.39, 0.29) is 52.6 Å². The quantitative estimate of drug-likeness (QED) is 0.193. The summed E-state index contributed by atoms with van der Waals surface area (Å²) in [4.78, 5) is 0. The molecular formula is C9H29B3O15. The molecule has 18 heteroatoms. The standard InChI is InChI=1S/2C3H7BO4.C3H8O3.BH3O3.H2O.H2/c5-3-1-7-4(6)8-2-3;5-1-3-2-7-4(6)8-3;4-1-3(6)2-5;2-1(3)4;;/h2*3,5-6H,1-2H2;3-6H,1-2H2;2-4H;1H2;1H/i;;;;;1+1. The highest BCUT2D eigenvalue weighted by atomic mass is 16.7. The van der Waals surface area contributed by atoms with Gasteiger partial charge in [-0.3, -0.25) is 0 Å². The lowest BCUT2D eigenvalue weighted by molar-refractivity contribution is -0.0190. The van der Waals surface area contributed by atoms with Gasteiger partial charge in [0, 0.05) is 1.43 Å². The van der Waals surface area contributed by atoms with Crippen LogP contribution in [0.1, 0.15) is 1.43 Å². The van der Waals surface area contributed by atoms with Crippen molar-refractivity contribution >= 4 is 22.0 Å². The Morgan fingerprint density at radius 2 is 1.33 bits per heavy atom. The fraction of sp³-hybridized carbons (Fsp3) is 1.00. The van der Waals surface area contributed by atoms with Crippen LogP contribution in [0, 0.1) is 0 Å². The summed E-state index contributed by atoms with van der Waals surface area (Å²) in [7, 11) is -4.44. The van der Waals surface area contributed by atoms with Gasteiger partial charge in [-0.15, -0.1) is 0 Å². The van der Waals surface area contributed by atoms with Gasteiger partial charge in [0.15, 0.2) is 0 Å². The van der Waals surface area contributed by atoms with E-state index >= 15 is 0 Å². The van der Waals surface area contributed by atoms with E-state index < -0.39 is 34.2 Å². The van der Waals surface area contributed by atoms with Gasteiger partial charge < -0.3 is 74.7 Å². The largest absolute Gasteiger partial charge is 0.637 e. The van der Waals surface area contributed by atoms with Crippen molar-refractivity contribution in [3.05, 3.63) is 0 Å². The summed E-state index contributed by atoms with van der Waals surface area (Å²) >= 11 is 0. The van der Waals surface area contributed by atoms with Gasteiger partial charge in [-0.25, -0.2) is 0 Å². The third-order valence-electron chi connectivity index (χ3n) is 2.22. The number of hydrogen-bond acceptors (Lipinski definition) is 14. The van der Waals surface area contributed by atoms with Crippen LogP contribution in [-0.4, -0.2) is 136 Å². The number of hydrogen-bond donors (Lipinski definition) is 10. The molecule has 0 aliphatic carbocycles. The average molecular weight is 411 g/mol. The minimum atomic E-state index is -2.17. The first kappa shape index (κ1) is 31.3. The van der Waals surface area contributed by atoms with E-state index in [4.69, 9.17) is 50.7 Å². The summed E-state index contributed by atoms with van der Waals surface area (Å²) in [5.41, 5.74) is 0. The lowest BCUT2D eigenvalue weighted by Gasteiger charge is -2.18. The molecule has 2 aliphatic heterocycles. The fourth-order valence-corrected chi connectivity index (χ4v) is 1.07. The van der Waals surface area contributed by atoms with Crippen molar-refractivity contribution in [3.8, 4) is 0 Å². The highest BCUT2D eigenvalue weighted by molar-refractivity contribution is 6.35. The van der Waals surface area contributed by atoms with E-state index in [1.165, 1.54) is 0 Å². The second-order valence-electron chi connectivity index (χ2n) is 4.57. The van der Waals surface area contributed by atoms with Gasteiger partial charge in [0.1, 0.15) is 6.10 Å². The zero-order valence-electron chi connectivity index (χ0n) is 14.3. The maximum atomic E-state index is 8.67. The Morgan fingerprint density at radius 3 is 1.52 bits per heavy atom. The van der Waals surface area contributed by atoms with E-state index in [9.17, 15) is 0 Å². The molecule has 0 saturated carbocycles. The van der Waals surface area contributed by atoms with Crippen LogP contribution in [0.2, 0.25) is 0 Å². The minimum Gasteiger partial charge on any atom is -0.412 e. The van der Waals surface area contributed by atoms with Gasteiger partial charge in [-0.1, -0.05) is 0 Å². The molecule has 0 bridgehead atoms. The van der Waals surface area contributed by atoms with Crippen molar-refractivity contribution in [1.29, 1.82) is 0 Å². The molecule has 2 heterocycles. The summed E-state index contributed by atoms with van der Waals surface area (Å²) in [6, 6.07) is 0. The van der Waals surface area contributed by atoms with Crippen LogP contribution in [-0.2, 0) is 18.6 Å².